The molecule has 1 amide bonds. The molecule has 96 valence electrons. The van der Waals surface area contributed by atoms with Gasteiger partial charge in [-0.25, -0.2) is 0 Å². The normalized spacial score (nSPS) is 19.5. The Morgan fingerprint density at radius 1 is 1.39 bits per heavy atom. The molecule has 0 aromatic carbocycles. The molecule has 0 bridgehead atoms. The van der Waals surface area contributed by atoms with Crippen molar-refractivity contribution in [2.24, 2.45) is 0 Å². The fourth-order valence-electron chi connectivity index (χ4n) is 3.11. The van der Waals surface area contributed by atoms with E-state index in [0.717, 1.165) is 38.9 Å². The van der Waals surface area contributed by atoms with E-state index in [1.165, 1.54) is 16.8 Å². The lowest BCUT2D eigenvalue weighted by molar-refractivity contribution is -0.129. The van der Waals surface area contributed by atoms with Crippen molar-refractivity contribution in [3.63, 3.8) is 0 Å². The Kier molecular flexibility index (Phi) is 2.94. The van der Waals surface area contributed by atoms with Gasteiger partial charge in [0.15, 0.2) is 0 Å². The molecule has 1 fully saturated rings. The second-order valence-electron chi connectivity index (χ2n) is 5.21. The molecule has 1 N–H and O–H groups in total. The highest BCUT2D eigenvalue weighted by Crippen LogP contribution is 2.34. The van der Waals surface area contributed by atoms with Crippen LogP contribution in [0.4, 0.5) is 5.69 Å². The fraction of sp³-hybridized carbons (Fsp3) is 0.571. The minimum atomic E-state index is 0.200. The molecule has 0 spiro atoms. The van der Waals surface area contributed by atoms with Gasteiger partial charge in [-0.1, -0.05) is 0 Å². The number of hydrogen-bond acceptors (Lipinski definition) is 3. The summed E-state index contributed by atoms with van der Waals surface area (Å²) < 4.78 is 0. The molecular weight excluding hydrogens is 226 g/mol. The summed E-state index contributed by atoms with van der Waals surface area (Å²) in [5.41, 5.74) is 4.06. The van der Waals surface area contributed by atoms with E-state index in [1.54, 1.807) is 6.92 Å². The predicted molar refractivity (Wildman–Crippen MR) is 70.7 cm³/mol. The molecule has 2 aliphatic rings. The maximum atomic E-state index is 11.3. The summed E-state index contributed by atoms with van der Waals surface area (Å²) in [5, 5.41) is 3.38. The summed E-state index contributed by atoms with van der Waals surface area (Å²) in [6, 6.07) is 0. The Bertz CT molecular complexity index is 464. The van der Waals surface area contributed by atoms with Crippen molar-refractivity contribution < 1.29 is 4.79 Å². The number of carbonyl (C=O) groups excluding carboxylic acids is 1. The second-order valence-corrected chi connectivity index (χ2v) is 5.21. The largest absolute Gasteiger partial charge is 0.383 e. The third-order valence-electron chi connectivity index (χ3n) is 4.16. The number of amides is 1. The van der Waals surface area contributed by atoms with Gasteiger partial charge in [0.2, 0.25) is 5.91 Å². The number of piperidine rings is 1. The molecule has 1 aromatic heterocycles. The monoisotopic (exact) mass is 245 g/mol. The summed E-state index contributed by atoms with van der Waals surface area (Å²) in [7, 11) is 0. The second kappa shape index (κ2) is 4.59. The van der Waals surface area contributed by atoms with Crippen LogP contribution >= 0.6 is 0 Å². The van der Waals surface area contributed by atoms with E-state index in [0.29, 0.717) is 5.92 Å². The van der Waals surface area contributed by atoms with E-state index in [1.807, 2.05) is 17.3 Å². The minimum Gasteiger partial charge on any atom is -0.383 e. The smallest absolute Gasteiger partial charge is 0.219 e. The number of carbonyl (C=O) groups is 1. The molecule has 0 radical (unpaired) electrons. The lowest BCUT2D eigenvalue weighted by Gasteiger charge is -2.32. The van der Waals surface area contributed by atoms with Crippen LogP contribution in [-0.4, -0.2) is 35.4 Å². The van der Waals surface area contributed by atoms with E-state index in [2.05, 4.69) is 10.3 Å². The number of hydrogen-bond donors (Lipinski definition) is 1. The third-order valence-corrected chi connectivity index (χ3v) is 4.16. The molecule has 18 heavy (non-hydrogen) atoms. The van der Waals surface area contributed by atoms with Gasteiger partial charge in [-0.2, -0.15) is 0 Å². The first-order valence-electron chi connectivity index (χ1n) is 6.72. The maximum absolute atomic E-state index is 11.3. The summed E-state index contributed by atoms with van der Waals surface area (Å²) in [6.07, 6.45) is 7.20. The van der Waals surface area contributed by atoms with E-state index in [-0.39, 0.29) is 5.91 Å². The van der Waals surface area contributed by atoms with Crippen molar-refractivity contribution in [2.45, 2.75) is 32.1 Å². The molecule has 0 atom stereocenters. The molecule has 2 aliphatic heterocycles. The Labute approximate surface area is 107 Å². The van der Waals surface area contributed by atoms with Crippen molar-refractivity contribution in [3.05, 3.63) is 23.5 Å². The van der Waals surface area contributed by atoms with Gasteiger partial charge in [0.1, 0.15) is 0 Å². The zero-order valence-corrected chi connectivity index (χ0v) is 10.8. The molecule has 1 aromatic rings. The van der Waals surface area contributed by atoms with Crippen LogP contribution in [0.3, 0.4) is 0 Å². The Hall–Kier alpha value is -1.58. The van der Waals surface area contributed by atoms with Gasteiger partial charge in [-0.15, -0.1) is 0 Å². The van der Waals surface area contributed by atoms with Crippen LogP contribution < -0.4 is 5.32 Å². The van der Waals surface area contributed by atoms with Crippen LogP contribution in [0.1, 0.15) is 36.8 Å². The molecular formula is C14H19N3O. The van der Waals surface area contributed by atoms with Gasteiger partial charge in [0.05, 0.1) is 11.9 Å². The van der Waals surface area contributed by atoms with Gasteiger partial charge >= 0.3 is 0 Å². The SMILES string of the molecule is CC(=O)N1CCC(c2cncc3c2CCN3)CC1. The van der Waals surface area contributed by atoms with Crippen molar-refractivity contribution >= 4 is 11.6 Å². The molecule has 0 saturated carbocycles. The standard InChI is InChI=1S/C14H19N3O/c1-10(18)17-6-3-11(4-7-17)13-8-15-9-14-12(13)2-5-16-14/h8-9,11,16H,2-7H2,1H3. The van der Waals surface area contributed by atoms with Gasteiger partial charge in [0.25, 0.3) is 0 Å². The Balaban J connectivity index is 1.77. The van der Waals surface area contributed by atoms with Crippen LogP contribution in [0, 0.1) is 0 Å². The zero-order valence-electron chi connectivity index (χ0n) is 10.8. The van der Waals surface area contributed by atoms with Crippen molar-refractivity contribution in [3.8, 4) is 0 Å². The number of fused-ring (bicyclic) bond motifs is 1. The molecule has 3 heterocycles. The third kappa shape index (κ3) is 1.96. The number of rotatable bonds is 1. The number of anilines is 1. The lowest BCUT2D eigenvalue weighted by Crippen LogP contribution is -2.36. The van der Waals surface area contributed by atoms with Crippen molar-refractivity contribution in [1.82, 2.24) is 9.88 Å². The highest BCUT2D eigenvalue weighted by Gasteiger charge is 2.26. The highest BCUT2D eigenvalue weighted by atomic mass is 16.2. The highest BCUT2D eigenvalue weighted by molar-refractivity contribution is 5.73. The number of nitrogens with one attached hydrogen (secondary N) is 1. The Morgan fingerprint density at radius 2 is 2.17 bits per heavy atom. The first-order valence-corrected chi connectivity index (χ1v) is 6.72. The molecule has 4 nitrogen and oxygen atoms in total. The average Bonchev–Trinajstić information content (AvgIpc) is 2.87. The molecule has 3 rings (SSSR count). The molecule has 4 heteroatoms. The van der Waals surface area contributed by atoms with Crippen LogP contribution in [0.15, 0.2) is 12.4 Å². The lowest BCUT2D eigenvalue weighted by atomic mass is 9.87. The summed E-state index contributed by atoms with van der Waals surface area (Å²) in [5.74, 6) is 0.773. The van der Waals surface area contributed by atoms with Gasteiger partial charge in [-0.3, -0.25) is 9.78 Å². The number of pyridine rings is 1. The molecule has 0 aliphatic carbocycles. The first kappa shape index (κ1) is 11.5. The van der Waals surface area contributed by atoms with Crippen LogP contribution in [0.25, 0.3) is 0 Å². The van der Waals surface area contributed by atoms with E-state index in [9.17, 15) is 4.79 Å². The van der Waals surface area contributed by atoms with E-state index in [4.69, 9.17) is 0 Å². The van der Waals surface area contributed by atoms with Crippen molar-refractivity contribution in [2.75, 3.05) is 25.0 Å². The molecule has 1 saturated heterocycles. The number of aromatic nitrogens is 1. The quantitative estimate of drug-likeness (QED) is 0.820. The number of likely N-dealkylation sites (tertiary alicyclic amines) is 1. The first-order chi connectivity index (χ1) is 8.75. The minimum absolute atomic E-state index is 0.200. The maximum Gasteiger partial charge on any atom is 0.219 e. The van der Waals surface area contributed by atoms with E-state index < -0.39 is 0 Å². The van der Waals surface area contributed by atoms with Gasteiger partial charge in [-0.05, 0) is 36.3 Å². The van der Waals surface area contributed by atoms with Crippen LogP contribution in [-0.2, 0) is 11.2 Å². The topological polar surface area (TPSA) is 45.2 Å². The van der Waals surface area contributed by atoms with Gasteiger partial charge < -0.3 is 10.2 Å². The van der Waals surface area contributed by atoms with Crippen LogP contribution in [0.5, 0.6) is 0 Å². The van der Waals surface area contributed by atoms with Crippen molar-refractivity contribution in [1.29, 1.82) is 0 Å². The average molecular weight is 245 g/mol. The summed E-state index contributed by atoms with van der Waals surface area (Å²) in [4.78, 5) is 17.6. The Morgan fingerprint density at radius 3 is 2.89 bits per heavy atom. The van der Waals surface area contributed by atoms with Crippen LogP contribution in [0.2, 0.25) is 0 Å². The predicted octanol–water partition coefficient (Wildman–Crippen LogP) is 1.78. The zero-order chi connectivity index (χ0) is 12.5. The molecule has 0 unspecified atom stereocenters. The summed E-state index contributed by atoms with van der Waals surface area (Å²) in [6.45, 7) is 4.46. The fourth-order valence-corrected chi connectivity index (χ4v) is 3.11. The van der Waals surface area contributed by atoms with Gasteiger partial charge in [0, 0.05) is 32.8 Å². The summed E-state index contributed by atoms with van der Waals surface area (Å²) >= 11 is 0. The van der Waals surface area contributed by atoms with E-state index >= 15 is 0 Å². The number of nitrogens with zero attached hydrogens (tertiary/aromatic N) is 2.